The molecule has 0 N–H and O–H groups in total. The Morgan fingerprint density at radius 2 is 2.06 bits per heavy atom. The number of carbonyl (C=O) groups is 2. The minimum Gasteiger partial charge on any atom is -0.297 e. The van der Waals surface area contributed by atoms with Crippen LogP contribution >= 0.6 is 0 Å². The third kappa shape index (κ3) is 0.999. The predicted octanol–water partition coefficient (Wildman–Crippen LogP) is 1.54. The normalized spacial score (nSPS) is 30.8. The van der Waals surface area contributed by atoms with E-state index in [4.69, 9.17) is 0 Å². The summed E-state index contributed by atoms with van der Waals surface area (Å²) < 4.78 is 0. The highest BCUT2D eigenvalue weighted by atomic mass is 16.1. The Labute approximate surface area is 92.6 Å². The Hall–Kier alpha value is -2.03. The van der Waals surface area contributed by atoms with Crippen LogP contribution in [0.2, 0.25) is 0 Å². The van der Waals surface area contributed by atoms with E-state index in [9.17, 15) is 9.59 Å². The fourth-order valence-corrected chi connectivity index (χ4v) is 2.38. The van der Waals surface area contributed by atoms with Crippen molar-refractivity contribution in [3.8, 4) is 0 Å². The van der Waals surface area contributed by atoms with Crippen LogP contribution in [0.25, 0.3) is 0 Å². The predicted molar refractivity (Wildman–Crippen MR) is 60.0 cm³/mol. The van der Waals surface area contributed by atoms with Crippen LogP contribution < -0.4 is 0 Å². The van der Waals surface area contributed by atoms with Crippen molar-refractivity contribution in [2.75, 3.05) is 0 Å². The average Bonchev–Trinajstić information content (AvgIpc) is 2.28. The van der Waals surface area contributed by atoms with Crippen molar-refractivity contribution in [2.24, 2.45) is 10.4 Å². The Balaban J connectivity index is 2.29. The average molecular weight is 211 g/mol. The number of allylic oxidation sites excluding steroid dienone is 7. The van der Waals surface area contributed by atoms with Crippen LogP contribution in [0.4, 0.5) is 0 Å². The number of ketones is 2. The lowest BCUT2D eigenvalue weighted by atomic mass is 9.64. The number of Topliss-reactive ketones (excluding diaryl/α,β-unsaturated/α-hetero) is 1. The minimum absolute atomic E-state index is 0.0210. The van der Waals surface area contributed by atoms with Gasteiger partial charge in [0.05, 0.1) is 6.42 Å². The van der Waals surface area contributed by atoms with Crippen LogP contribution in [-0.4, -0.2) is 17.8 Å². The Morgan fingerprint density at radius 1 is 1.19 bits per heavy atom. The van der Waals surface area contributed by atoms with Crippen molar-refractivity contribution >= 4 is 17.8 Å². The number of hydrogen-bond acceptors (Lipinski definition) is 3. The molecule has 0 aromatic rings. The van der Waals surface area contributed by atoms with Crippen molar-refractivity contribution in [2.45, 2.75) is 6.42 Å². The van der Waals surface area contributed by atoms with Gasteiger partial charge in [-0.25, -0.2) is 0 Å². The molecule has 1 heterocycles. The molecule has 3 rings (SSSR count). The quantitative estimate of drug-likeness (QED) is 0.570. The summed E-state index contributed by atoms with van der Waals surface area (Å²) in [5, 5.41) is 0. The number of carbonyl (C=O) groups excluding carboxylic acids is 2. The van der Waals surface area contributed by atoms with Crippen molar-refractivity contribution in [1.29, 1.82) is 0 Å². The third-order valence-corrected chi connectivity index (χ3v) is 3.16. The van der Waals surface area contributed by atoms with Crippen LogP contribution in [0, 0.1) is 5.41 Å². The van der Waals surface area contributed by atoms with Crippen LogP contribution in [0.1, 0.15) is 6.42 Å². The molecule has 2 aliphatic carbocycles. The van der Waals surface area contributed by atoms with Gasteiger partial charge in [-0.05, 0) is 17.2 Å². The number of aliphatic imine (C=N–C) groups is 1. The van der Waals surface area contributed by atoms with Crippen LogP contribution in [0.5, 0.6) is 0 Å². The molecule has 3 heteroatoms. The highest BCUT2D eigenvalue weighted by molar-refractivity contribution is 6.18. The maximum Gasteiger partial charge on any atom is 0.163 e. The maximum absolute atomic E-state index is 12.1. The summed E-state index contributed by atoms with van der Waals surface area (Å²) in [4.78, 5) is 27.6. The zero-order valence-corrected chi connectivity index (χ0v) is 8.51. The summed E-state index contributed by atoms with van der Waals surface area (Å²) in [6.07, 6.45) is 12.2. The molecule has 0 saturated carbocycles. The molecule has 0 saturated heterocycles. The lowest BCUT2D eigenvalue weighted by molar-refractivity contribution is -0.128. The van der Waals surface area contributed by atoms with E-state index in [0.717, 1.165) is 5.57 Å². The monoisotopic (exact) mass is 211 g/mol. The zero-order valence-electron chi connectivity index (χ0n) is 8.51. The molecule has 0 radical (unpaired) electrons. The van der Waals surface area contributed by atoms with Crippen molar-refractivity contribution in [1.82, 2.24) is 0 Å². The molecule has 1 unspecified atom stereocenters. The summed E-state index contributed by atoms with van der Waals surface area (Å²) >= 11 is 0. The molecule has 78 valence electrons. The second-order valence-electron chi connectivity index (χ2n) is 4.05. The summed E-state index contributed by atoms with van der Waals surface area (Å²) in [6.45, 7) is 0. The fourth-order valence-electron chi connectivity index (χ4n) is 2.38. The van der Waals surface area contributed by atoms with Gasteiger partial charge in [0, 0.05) is 12.4 Å². The van der Waals surface area contributed by atoms with E-state index in [0.29, 0.717) is 5.57 Å². The van der Waals surface area contributed by atoms with Gasteiger partial charge in [0.1, 0.15) is 5.41 Å². The Morgan fingerprint density at radius 3 is 2.94 bits per heavy atom. The summed E-state index contributed by atoms with van der Waals surface area (Å²) in [6, 6.07) is 0. The lowest BCUT2D eigenvalue weighted by Crippen LogP contribution is -2.40. The first-order valence-electron chi connectivity index (χ1n) is 5.11. The van der Waals surface area contributed by atoms with Gasteiger partial charge < -0.3 is 0 Å². The van der Waals surface area contributed by atoms with E-state index in [1.165, 1.54) is 6.08 Å². The standard InChI is InChI=1S/C13H9NO2/c15-11-5-10-8-14-7-9-3-1-2-4-13(9,10)12(16)6-11/h1-5,7-8H,6H2. The van der Waals surface area contributed by atoms with Gasteiger partial charge in [0.15, 0.2) is 11.6 Å². The molecule has 1 aliphatic heterocycles. The fraction of sp³-hybridized carbons (Fsp3) is 0.154. The second-order valence-corrected chi connectivity index (χ2v) is 4.05. The van der Waals surface area contributed by atoms with Gasteiger partial charge in [-0.2, -0.15) is 0 Å². The number of nitrogens with zero attached hydrogens (tertiary/aromatic N) is 1. The molecule has 1 spiro atoms. The van der Waals surface area contributed by atoms with Crippen LogP contribution in [0.3, 0.4) is 0 Å². The molecule has 0 bridgehead atoms. The topological polar surface area (TPSA) is 46.5 Å². The molecule has 0 aromatic carbocycles. The second kappa shape index (κ2) is 2.98. The van der Waals surface area contributed by atoms with E-state index in [1.54, 1.807) is 12.4 Å². The molecule has 0 fully saturated rings. The van der Waals surface area contributed by atoms with E-state index in [2.05, 4.69) is 4.99 Å². The first-order chi connectivity index (χ1) is 7.73. The molecule has 0 amide bonds. The molecule has 3 aliphatic rings. The van der Waals surface area contributed by atoms with Gasteiger partial charge in [0.25, 0.3) is 0 Å². The Bertz CT molecular complexity index is 546. The van der Waals surface area contributed by atoms with Gasteiger partial charge in [0.2, 0.25) is 0 Å². The molecule has 0 aromatic heterocycles. The summed E-state index contributed by atoms with van der Waals surface area (Å²) in [5.74, 6) is -0.200. The highest BCUT2D eigenvalue weighted by Crippen LogP contribution is 2.45. The highest BCUT2D eigenvalue weighted by Gasteiger charge is 2.46. The van der Waals surface area contributed by atoms with Crippen LogP contribution in [0.15, 0.2) is 52.7 Å². The van der Waals surface area contributed by atoms with Gasteiger partial charge in [-0.3, -0.25) is 14.6 Å². The molecular formula is C13H9NO2. The smallest absolute Gasteiger partial charge is 0.163 e. The van der Waals surface area contributed by atoms with Crippen LogP contribution in [-0.2, 0) is 9.59 Å². The third-order valence-electron chi connectivity index (χ3n) is 3.16. The van der Waals surface area contributed by atoms with E-state index in [-0.39, 0.29) is 18.0 Å². The lowest BCUT2D eigenvalue weighted by Gasteiger charge is -2.36. The van der Waals surface area contributed by atoms with Crippen molar-refractivity contribution < 1.29 is 9.59 Å². The summed E-state index contributed by atoms with van der Waals surface area (Å²) in [7, 11) is 0. The first-order valence-corrected chi connectivity index (χ1v) is 5.11. The van der Waals surface area contributed by atoms with Gasteiger partial charge in [-0.15, -0.1) is 0 Å². The Kier molecular flexibility index (Phi) is 1.72. The number of hydrogen-bond donors (Lipinski definition) is 0. The summed E-state index contributed by atoms with van der Waals surface area (Å²) in [5.41, 5.74) is 0.790. The zero-order chi connectivity index (χ0) is 11.2. The van der Waals surface area contributed by atoms with Crippen molar-refractivity contribution in [3.05, 3.63) is 47.7 Å². The van der Waals surface area contributed by atoms with Crippen molar-refractivity contribution in [3.63, 3.8) is 0 Å². The molecule has 3 nitrogen and oxygen atoms in total. The maximum atomic E-state index is 12.1. The number of rotatable bonds is 0. The van der Waals surface area contributed by atoms with E-state index in [1.807, 2.05) is 24.3 Å². The molecule has 1 atom stereocenters. The largest absolute Gasteiger partial charge is 0.297 e. The van der Waals surface area contributed by atoms with Gasteiger partial charge in [-0.1, -0.05) is 24.3 Å². The van der Waals surface area contributed by atoms with E-state index >= 15 is 0 Å². The molecule has 16 heavy (non-hydrogen) atoms. The SMILES string of the molecule is O=C1C=C2C=NC=C3C=CC=CC32C(=O)C1. The first kappa shape index (κ1) is 9.21. The molecular weight excluding hydrogens is 202 g/mol. The van der Waals surface area contributed by atoms with E-state index < -0.39 is 5.41 Å². The van der Waals surface area contributed by atoms with Gasteiger partial charge >= 0.3 is 0 Å². The minimum atomic E-state index is -0.746.